The Balaban J connectivity index is 2.09. The van der Waals surface area contributed by atoms with Crippen molar-refractivity contribution in [1.82, 2.24) is 5.32 Å². The average Bonchev–Trinajstić information content (AvgIpc) is 2.34. The summed E-state index contributed by atoms with van der Waals surface area (Å²) >= 11 is 0. The number of carbonyl (C=O) groups excluding carboxylic acids is 1. The monoisotopic (exact) mass is 266 g/mol. The van der Waals surface area contributed by atoms with E-state index in [1.807, 2.05) is 0 Å². The first-order valence-electron chi connectivity index (χ1n) is 6.13. The summed E-state index contributed by atoms with van der Waals surface area (Å²) in [6.45, 7) is 2.52. The molecule has 1 saturated carbocycles. The molecule has 0 saturated heterocycles. The zero-order chi connectivity index (χ0) is 14.0. The van der Waals surface area contributed by atoms with Gasteiger partial charge in [-0.1, -0.05) is 13.3 Å². The molecule has 19 heavy (non-hydrogen) atoms. The van der Waals surface area contributed by atoms with E-state index in [1.165, 1.54) is 0 Å². The number of rotatable bonds is 4. The fraction of sp³-hybridized carbons (Fsp3) is 0.462. The van der Waals surface area contributed by atoms with E-state index in [0.29, 0.717) is 6.54 Å². The van der Waals surface area contributed by atoms with Crippen LogP contribution in [0.25, 0.3) is 0 Å². The fourth-order valence-corrected chi connectivity index (χ4v) is 2.15. The van der Waals surface area contributed by atoms with Crippen molar-refractivity contribution < 1.29 is 14.1 Å². The predicted molar refractivity (Wildman–Crippen MR) is 67.3 cm³/mol. The van der Waals surface area contributed by atoms with Gasteiger partial charge in [-0.15, -0.1) is 0 Å². The minimum absolute atomic E-state index is 0.0762. The topological polar surface area (TPSA) is 72.2 Å². The second-order valence-corrected chi connectivity index (χ2v) is 5.27. The van der Waals surface area contributed by atoms with E-state index in [2.05, 4.69) is 12.2 Å². The molecule has 0 bridgehead atoms. The molecule has 1 aliphatic carbocycles. The second kappa shape index (κ2) is 4.95. The number of nitro benzene ring substituents is 1. The van der Waals surface area contributed by atoms with Crippen molar-refractivity contribution in [2.45, 2.75) is 26.2 Å². The number of nitrogens with zero attached hydrogens (tertiary/aromatic N) is 1. The van der Waals surface area contributed by atoms with Crippen LogP contribution in [-0.4, -0.2) is 17.4 Å². The molecule has 2 rings (SSSR count). The third-order valence-electron chi connectivity index (χ3n) is 3.64. The van der Waals surface area contributed by atoms with Gasteiger partial charge in [0.25, 0.3) is 11.6 Å². The molecule has 0 spiro atoms. The standard InChI is InChI=1S/C13H15FN2O3/c1-13(5-2-6-13)8-15-12(17)10-7-9(16(18)19)3-4-11(10)14/h3-4,7H,2,5-6,8H2,1H3,(H,15,17). The van der Waals surface area contributed by atoms with Gasteiger partial charge >= 0.3 is 0 Å². The number of halogens is 1. The van der Waals surface area contributed by atoms with Gasteiger partial charge in [-0.2, -0.15) is 0 Å². The number of carbonyl (C=O) groups is 1. The Kier molecular flexibility index (Phi) is 3.50. The van der Waals surface area contributed by atoms with E-state index in [9.17, 15) is 19.3 Å². The first kappa shape index (κ1) is 13.5. The number of hydrogen-bond donors (Lipinski definition) is 1. The number of benzene rings is 1. The van der Waals surface area contributed by atoms with Crippen LogP contribution in [0.4, 0.5) is 10.1 Å². The minimum atomic E-state index is -0.748. The molecule has 1 fully saturated rings. The van der Waals surface area contributed by atoms with Gasteiger partial charge in [0.1, 0.15) is 5.82 Å². The van der Waals surface area contributed by atoms with Gasteiger partial charge in [0.05, 0.1) is 10.5 Å². The zero-order valence-electron chi connectivity index (χ0n) is 10.6. The Labute approximate surface area is 110 Å². The van der Waals surface area contributed by atoms with E-state index >= 15 is 0 Å². The largest absolute Gasteiger partial charge is 0.351 e. The summed E-state index contributed by atoms with van der Waals surface area (Å²) in [6.07, 6.45) is 3.20. The van der Waals surface area contributed by atoms with Crippen LogP contribution >= 0.6 is 0 Å². The van der Waals surface area contributed by atoms with E-state index in [0.717, 1.165) is 37.5 Å². The number of nitrogens with one attached hydrogen (secondary N) is 1. The Morgan fingerprint density at radius 2 is 2.21 bits per heavy atom. The highest BCUT2D eigenvalue weighted by atomic mass is 19.1. The maximum Gasteiger partial charge on any atom is 0.270 e. The molecule has 0 unspecified atom stereocenters. The lowest BCUT2D eigenvalue weighted by Gasteiger charge is -2.38. The van der Waals surface area contributed by atoms with Crippen LogP contribution in [0.1, 0.15) is 36.5 Å². The minimum Gasteiger partial charge on any atom is -0.351 e. The Bertz CT molecular complexity index is 527. The van der Waals surface area contributed by atoms with Crippen LogP contribution in [0.15, 0.2) is 18.2 Å². The van der Waals surface area contributed by atoms with Crippen molar-refractivity contribution in [3.8, 4) is 0 Å². The third kappa shape index (κ3) is 2.89. The molecule has 1 aromatic carbocycles. The fourth-order valence-electron chi connectivity index (χ4n) is 2.15. The number of amides is 1. The van der Waals surface area contributed by atoms with Gasteiger partial charge in [0, 0.05) is 18.7 Å². The number of nitro groups is 1. The average molecular weight is 266 g/mol. The Morgan fingerprint density at radius 3 is 2.74 bits per heavy atom. The molecule has 1 amide bonds. The van der Waals surface area contributed by atoms with Crippen molar-refractivity contribution in [2.24, 2.45) is 5.41 Å². The highest BCUT2D eigenvalue weighted by Gasteiger charge is 2.32. The van der Waals surface area contributed by atoms with Gasteiger partial charge < -0.3 is 5.32 Å². The smallest absolute Gasteiger partial charge is 0.270 e. The molecule has 1 aliphatic rings. The van der Waals surface area contributed by atoms with Crippen molar-refractivity contribution in [2.75, 3.05) is 6.54 Å². The van der Waals surface area contributed by atoms with Crippen LogP contribution in [0, 0.1) is 21.3 Å². The first-order valence-corrected chi connectivity index (χ1v) is 6.13. The molecule has 5 nitrogen and oxygen atoms in total. The van der Waals surface area contributed by atoms with E-state index in [-0.39, 0.29) is 16.7 Å². The molecule has 0 atom stereocenters. The van der Waals surface area contributed by atoms with Gasteiger partial charge in [-0.3, -0.25) is 14.9 Å². The lowest BCUT2D eigenvalue weighted by Crippen LogP contribution is -2.40. The van der Waals surface area contributed by atoms with E-state index in [4.69, 9.17) is 0 Å². The van der Waals surface area contributed by atoms with Crippen molar-refractivity contribution >= 4 is 11.6 Å². The van der Waals surface area contributed by atoms with Crippen molar-refractivity contribution in [1.29, 1.82) is 0 Å². The second-order valence-electron chi connectivity index (χ2n) is 5.27. The van der Waals surface area contributed by atoms with Crippen molar-refractivity contribution in [3.63, 3.8) is 0 Å². The maximum absolute atomic E-state index is 13.5. The molecule has 1 aromatic rings. The Hall–Kier alpha value is -1.98. The van der Waals surface area contributed by atoms with Gasteiger partial charge in [0.2, 0.25) is 0 Å². The summed E-state index contributed by atoms with van der Waals surface area (Å²) in [6, 6.07) is 2.95. The number of non-ortho nitro benzene ring substituents is 1. The zero-order valence-corrected chi connectivity index (χ0v) is 10.6. The van der Waals surface area contributed by atoms with Crippen LogP contribution in [-0.2, 0) is 0 Å². The molecular weight excluding hydrogens is 251 g/mol. The molecule has 1 N–H and O–H groups in total. The third-order valence-corrected chi connectivity index (χ3v) is 3.64. The summed E-state index contributed by atoms with van der Waals surface area (Å²) in [7, 11) is 0. The summed E-state index contributed by atoms with van der Waals surface area (Å²) in [5.41, 5.74) is -0.495. The lowest BCUT2D eigenvalue weighted by molar-refractivity contribution is -0.384. The first-order chi connectivity index (χ1) is 8.91. The molecule has 102 valence electrons. The van der Waals surface area contributed by atoms with Gasteiger partial charge in [-0.25, -0.2) is 4.39 Å². The van der Waals surface area contributed by atoms with Gasteiger partial charge in [-0.05, 0) is 24.3 Å². The SMILES string of the molecule is CC1(CNC(=O)c2cc([N+](=O)[O-])ccc2F)CCC1. The summed E-state index contributed by atoms with van der Waals surface area (Å²) in [4.78, 5) is 21.8. The molecular formula is C13H15FN2O3. The summed E-state index contributed by atoms with van der Waals surface area (Å²) < 4.78 is 13.5. The molecule has 0 heterocycles. The quantitative estimate of drug-likeness (QED) is 0.672. The van der Waals surface area contributed by atoms with E-state index < -0.39 is 16.6 Å². The van der Waals surface area contributed by atoms with Gasteiger partial charge in [0.15, 0.2) is 0 Å². The molecule has 0 aliphatic heterocycles. The van der Waals surface area contributed by atoms with Crippen LogP contribution < -0.4 is 5.32 Å². The predicted octanol–water partition coefficient (Wildman–Crippen LogP) is 2.65. The van der Waals surface area contributed by atoms with Crippen LogP contribution in [0.3, 0.4) is 0 Å². The highest BCUT2D eigenvalue weighted by molar-refractivity contribution is 5.95. The molecule has 6 heteroatoms. The summed E-state index contributed by atoms with van der Waals surface area (Å²) in [5.74, 6) is -1.35. The Morgan fingerprint density at radius 1 is 1.53 bits per heavy atom. The summed E-state index contributed by atoms with van der Waals surface area (Å²) in [5, 5.41) is 13.3. The van der Waals surface area contributed by atoms with Crippen LogP contribution in [0.5, 0.6) is 0 Å². The lowest BCUT2D eigenvalue weighted by atomic mass is 9.70. The van der Waals surface area contributed by atoms with E-state index in [1.54, 1.807) is 0 Å². The maximum atomic E-state index is 13.5. The molecule has 0 aromatic heterocycles. The number of hydrogen-bond acceptors (Lipinski definition) is 3. The highest BCUT2D eigenvalue weighted by Crippen LogP contribution is 2.39. The molecule has 0 radical (unpaired) electrons. The normalized spacial score (nSPS) is 16.5. The van der Waals surface area contributed by atoms with Crippen LogP contribution in [0.2, 0.25) is 0 Å². The van der Waals surface area contributed by atoms with Crippen molar-refractivity contribution in [3.05, 3.63) is 39.7 Å².